The molecule has 0 N–H and O–H groups in total. The molecule has 12 nitrogen and oxygen atoms in total. The molecule has 0 spiro atoms. The second-order valence-corrected chi connectivity index (χ2v) is 11.9. The summed E-state index contributed by atoms with van der Waals surface area (Å²) in [6.45, 7) is 0.417. The van der Waals surface area contributed by atoms with Crippen LogP contribution in [0.3, 0.4) is 0 Å². The van der Waals surface area contributed by atoms with Gasteiger partial charge >= 0.3 is 5.97 Å². The van der Waals surface area contributed by atoms with E-state index in [1.165, 1.54) is 7.11 Å². The summed E-state index contributed by atoms with van der Waals surface area (Å²) in [4.78, 5) is 15.0. The van der Waals surface area contributed by atoms with Crippen LogP contribution < -0.4 is 23.7 Å². The van der Waals surface area contributed by atoms with Crippen LogP contribution in [0.15, 0.2) is 28.7 Å². The van der Waals surface area contributed by atoms with Crippen molar-refractivity contribution < 1.29 is 46.4 Å². The maximum atomic E-state index is 13.3. The molecule has 2 aromatic carbocycles. The van der Waals surface area contributed by atoms with Gasteiger partial charge in [-0.15, -0.1) is 0 Å². The van der Waals surface area contributed by atoms with Crippen LogP contribution in [-0.2, 0) is 24.3 Å². The van der Waals surface area contributed by atoms with Crippen molar-refractivity contribution >= 4 is 21.8 Å². The van der Waals surface area contributed by atoms with Crippen molar-refractivity contribution in [2.75, 3.05) is 61.7 Å². The fraction of sp³-hybridized carbons (Fsp3) is 0.500. The van der Waals surface area contributed by atoms with Gasteiger partial charge in [-0.3, -0.25) is 4.79 Å². The van der Waals surface area contributed by atoms with E-state index in [-0.39, 0.29) is 38.3 Å². The van der Waals surface area contributed by atoms with E-state index in [1.807, 2.05) is 24.3 Å². The summed E-state index contributed by atoms with van der Waals surface area (Å²) in [6, 6.07) is 7.47. The highest BCUT2D eigenvalue weighted by atomic mass is 32.2. The van der Waals surface area contributed by atoms with Gasteiger partial charge in [-0.25, -0.2) is 8.42 Å². The van der Waals surface area contributed by atoms with Crippen molar-refractivity contribution in [3.8, 4) is 28.7 Å². The summed E-state index contributed by atoms with van der Waals surface area (Å²) in [7, 11) is 4.48. The highest BCUT2D eigenvalue weighted by Gasteiger charge is 2.53. The number of esters is 1. The number of carbonyl (C=O) groups excluding carboxylic acids is 1. The zero-order chi connectivity index (χ0) is 29.5. The molecule has 1 saturated heterocycles. The van der Waals surface area contributed by atoms with Gasteiger partial charge in [0.05, 0.1) is 52.8 Å². The van der Waals surface area contributed by atoms with Gasteiger partial charge in [-0.1, -0.05) is 0 Å². The Morgan fingerprint density at radius 1 is 0.976 bits per heavy atom. The van der Waals surface area contributed by atoms with Crippen molar-refractivity contribution in [3.05, 3.63) is 41.0 Å². The Morgan fingerprint density at radius 2 is 1.61 bits per heavy atom. The van der Waals surface area contributed by atoms with Crippen LogP contribution in [0.25, 0.3) is 0 Å². The highest BCUT2D eigenvalue weighted by molar-refractivity contribution is 7.89. The van der Waals surface area contributed by atoms with E-state index in [0.29, 0.717) is 34.6 Å². The molecule has 3 aliphatic rings. The van der Waals surface area contributed by atoms with E-state index in [4.69, 9.17) is 33.2 Å². The molecular formula is C28H34N2O10S. The molecular weight excluding hydrogens is 556 g/mol. The number of fused-ring (bicyclic) bond motifs is 3. The monoisotopic (exact) mass is 590 g/mol. The van der Waals surface area contributed by atoms with Gasteiger partial charge in [0.15, 0.2) is 23.0 Å². The van der Waals surface area contributed by atoms with Crippen LogP contribution in [-0.4, -0.2) is 86.8 Å². The molecule has 1 aliphatic carbocycles. The fourth-order valence-electron chi connectivity index (χ4n) is 5.83. The van der Waals surface area contributed by atoms with Gasteiger partial charge < -0.3 is 38.1 Å². The molecule has 0 amide bonds. The summed E-state index contributed by atoms with van der Waals surface area (Å²) in [5, 5.41) is 0. The number of nitrogens with zero attached hydrogens (tertiary/aromatic N) is 2. The molecule has 0 aromatic heterocycles. The SMILES string of the molecule is COc1cc([C@@H]2c3cc4c(cc3[C@@H](OCCC(=NS(C)(=O)=O)N(C)C)[C@H]3COC(=O)[C@H]23)OCO4)cc(OC)c1OC. The summed E-state index contributed by atoms with van der Waals surface area (Å²) in [5.74, 6) is 1.22. The van der Waals surface area contributed by atoms with E-state index in [2.05, 4.69) is 4.40 Å². The van der Waals surface area contributed by atoms with Crippen LogP contribution in [0.4, 0.5) is 0 Å². The number of sulfonamides is 1. The molecule has 41 heavy (non-hydrogen) atoms. The predicted molar refractivity (Wildman–Crippen MR) is 148 cm³/mol. The number of carbonyl (C=O) groups is 1. The largest absolute Gasteiger partial charge is 0.493 e. The maximum absolute atomic E-state index is 13.3. The molecule has 2 aliphatic heterocycles. The number of ether oxygens (including phenoxy) is 7. The van der Waals surface area contributed by atoms with Crippen LogP contribution in [0, 0.1) is 11.8 Å². The first-order valence-corrected chi connectivity index (χ1v) is 14.9. The minimum Gasteiger partial charge on any atom is -0.493 e. The van der Waals surface area contributed by atoms with Crippen molar-refractivity contribution in [2.24, 2.45) is 16.2 Å². The first-order valence-electron chi connectivity index (χ1n) is 13.0. The Hall–Kier alpha value is -3.71. The van der Waals surface area contributed by atoms with Gasteiger partial charge in [-0.05, 0) is 41.0 Å². The number of hydrogen-bond donors (Lipinski definition) is 0. The molecule has 2 aromatic rings. The Bertz CT molecular complexity index is 1450. The summed E-state index contributed by atoms with van der Waals surface area (Å²) < 4.78 is 67.7. The molecule has 13 heteroatoms. The standard InChI is InChI=1S/C28H34N2O10S/c1-30(2)23(29-41(6,32)33)7-8-37-26-17-12-20-19(39-14-40-20)11-16(17)24(25-18(26)13-38-28(25)31)15-9-21(34-3)27(36-5)22(10-15)35-4/h9-12,18,24-26H,7-8,13-14H2,1-6H3/t18-,24+,25-,26+/m0/s1. The summed E-state index contributed by atoms with van der Waals surface area (Å²) >= 11 is 0. The Labute approximate surface area is 239 Å². The predicted octanol–water partition coefficient (Wildman–Crippen LogP) is 2.74. The first-order chi connectivity index (χ1) is 19.6. The number of rotatable bonds is 9. The number of hydrogen-bond acceptors (Lipinski definition) is 10. The van der Waals surface area contributed by atoms with E-state index < -0.39 is 28.0 Å². The van der Waals surface area contributed by atoms with Gasteiger partial charge in [0.25, 0.3) is 10.0 Å². The lowest BCUT2D eigenvalue weighted by Crippen LogP contribution is -2.36. The van der Waals surface area contributed by atoms with Crippen molar-refractivity contribution in [1.82, 2.24) is 4.90 Å². The molecule has 2 heterocycles. The average molecular weight is 591 g/mol. The number of cyclic esters (lactones) is 1. The summed E-state index contributed by atoms with van der Waals surface area (Å²) in [6.07, 6.45) is 0.766. The summed E-state index contributed by atoms with van der Waals surface area (Å²) in [5.41, 5.74) is 2.44. The Balaban J connectivity index is 1.59. The van der Waals surface area contributed by atoms with Crippen molar-refractivity contribution in [2.45, 2.75) is 18.4 Å². The number of methoxy groups -OCH3 is 3. The van der Waals surface area contributed by atoms with Crippen LogP contribution in [0.5, 0.6) is 28.7 Å². The molecule has 0 radical (unpaired) electrons. The molecule has 1 fully saturated rings. The van der Waals surface area contributed by atoms with E-state index >= 15 is 0 Å². The van der Waals surface area contributed by atoms with Crippen molar-refractivity contribution in [3.63, 3.8) is 0 Å². The second kappa shape index (κ2) is 11.3. The quantitative estimate of drug-likeness (QED) is 0.243. The highest BCUT2D eigenvalue weighted by Crippen LogP contribution is 2.56. The molecule has 0 unspecified atom stereocenters. The van der Waals surface area contributed by atoms with Gasteiger partial charge in [0.2, 0.25) is 12.5 Å². The van der Waals surface area contributed by atoms with Gasteiger partial charge in [0.1, 0.15) is 5.84 Å². The van der Waals surface area contributed by atoms with Crippen LogP contribution in [0.2, 0.25) is 0 Å². The number of amidine groups is 1. The van der Waals surface area contributed by atoms with Crippen molar-refractivity contribution in [1.29, 1.82) is 0 Å². The third-order valence-electron chi connectivity index (χ3n) is 7.58. The third kappa shape index (κ3) is 5.47. The minimum atomic E-state index is -3.59. The van der Waals surface area contributed by atoms with Crippen LogP contribution in [0.1, 0.15) is 35.1 Å². The van der Waals surface area contributed by atoms with E-state index in [1.54, 1.807) is 33.2 Å². The Kier molecular flexibility index (Phi) is 7.93. The molecule has 0 saturated carbocycles. The van der Waals surface area contributed by atoms with Gasteiger partial charge in [0, 0.05) is 32.4 Å². The van der Waals surface area contributed by atoms with E-state index in [9.17, 15) is 13.2 Å². The molecule has 5 rings (SSSR count). The minimum absolute atomic E-state index is 0.0850. The topological polar surface area (TPSA) is 131 Å². The third-order valence-corrected chi connectivity index (χ3v) is 8.12. The number of benzene rings is 2. The smallest absolute Gasteiger partial charge is 0.310 e. The lowest BCUT2D eigenvalue weighted by molar-refractivity contribution is -0.141. The molecule has 222 valence electrons. The maximum Gasteiger partial charge on any atom is 0.310 e. The Morgan fingerprint density at radius 3 is 2.17 bits per heavy atom. The second-order valence-electron chi connectivity index (χ2n) is 10.3. The zero-order valence-corrected chi connectivity index (χ0v) is 24.6. The van der Waals surface area contributed by atoms with Gasteiger partial charge in [-0.2, -0.15) is 4.40 Å². The molecule has 4 atom stereocenters. The zero-order valence-electron chi connectivity index (χ0n) is 23.8. The molecule has 0 bridgehead atoms. The lowest BCUT2D eigenvalue weighted by Gasteiger charge is -2.39. The lowest BCUT2D eigenvalue weighted by atomic mass is 9.66. The fourth-order valence-corrected chi connectivity index (χ4v) is 6.46. The normalized spacial score (nSPS) is 23.0. The van der Waals surface area contributed by atoms with Crippen LogP contribution >= 0.6 is 0 Å². The average Bonchev–Trinajstić information content (AvgIpc) is 3.55. The van der Waals surface area contributed by atoms with E-state index in [0.717, 1.165) is 22.9 Å². The first kappa shape index (κ1) is 28.8.